The molecule has 140 valence electrons. The van der Waals surface area contributed by atoms with Gasteiger partial charge in [-0.05, 0) is 29.8 Å². The van der Waals surface area contributed by atoms with E-state index in [2.05, 4.69) is 0 Å². The van der Waals surface area contributed by atoms with E-state index < -0.39 is 47.2 Å². The Morgan fingerprint density at radius 2 is 1.78 bits per heavy atom. The topological polar surface area (TPSA) is 99.0 Å². The maximum absolute atomic E-state index is 13.4. The zero-order valence-electron chi connectivity index (χ0n) is 13.2. The van der Waals surface area contributed by atoms with Crippen LogP contribution in [-0.2, 0) is 4.74 Å². The number of imide groups is 1. The molecule has 1 fully saturated rings. The molecule has 0 bridgehead atoms. The molecular weight excluding hydrogens is 373 g/mol. The second-order valence-electron chi connectivity index (χ2n) is 5.38. The van der Waals surface area contributed by atoms with Crippen molar-refractivity contribution in [3.63, 3.8) is 0 Å². The van der Waals surface area contributed by atoms with E-state index in [9.17, 15) is 32.9 Å². The number of nitro groups is 1. The number of nitrogens with zero attached hydrogens (tertiary/aromatic N) is 2. The van der Waals surface area contributed by atoms with Crippen LogP contribution in [-0.4, -0.2) is 28.6 Å². The average molecular weight is 382 g/mol. The molecule has 0 spiro atoms. The molecule has 0 aromatic heterocycles. The minimum absolute atomic E-state index is 0.111. The first kappa shape index (κ1) is 18.2. The van der Waals surface area contributed by atoms with Crippen molar-refractivity contribution < 1.29 is 37.2 Å². The highest BCUT2D eigenvalue weighted by Gasteiger charge is 2.41. The number of hydrogen-bond acceptors (Lipinski definition) is 6. The largest absolute Gasteiger partial charge is 0.446 e. The van der Waals surface area contributed by atoms with Gasteiger partial charge in [-0.3, -0.25) is 10.1 Å². The standard InChI is InChI=1S/C16H9F3N2O6/c17-11-5-8(6-12(18)14(11)19)13-7-26-15(22)20(13)16(23)27-10-3-1-9(2-4-10)21(24)25/h1-6,13H,7H2/t13-/m1/s1. The first-order valence-electron chi connectivity index (χ1n) is 7.34. The summed E-state index contributed by atoms with van der Waals surface area (Å²) in [6.45, 7) is -0.418. The number of amides is 2. The van der Waals surface area contributed by atoms with Crippen LogP contribution in [0.15, 0.2) is 36.4 Å². The van der Waals surface area contributed by atoms with Crippen LogP contribution < -0.4 is 4.74 Å². The van der Waals surface area contributed by atoms with Crippen LogP contribution in [0.3, 0.4) is 0 Å². The fourth-order valence-corrected chi connectivity index (χ4v) is 2.42. The summed E-state index contributed by atoms with van der Waals surface area (Å²) in [5.41, 5.74) is -0.455. The highest BCUT2D eigenvalue weighted by Crippen LogP contribution is 2.31. The number of non-ortho nitro benzene ring substituents is 1. The average Bonchev–Trinajstić information content (AvgIpc) is 3.01. The predicted octanol–water partition coefficient (Wildman–Crippen LogP) is 3.70. The normalized spacial score (nSPS) is 16.2. The summed E-state index contributed by atoms with van der Waals surface area (Å²) in [5, 5.41) is 10.6. The Hall–Kier alpha value is -3.63. The molecule has 0 saturated carbocycles. The zero-order chi connectivity index (χ0) is 19.7. The van der Waals surface area contributed by atoms with Crippen LogP contribution >= 0.6 is 0 Å². The minimum Gasteiger partial charge on any atom is -0.446 e. The summed E-state index contributed by atoms with van der Waals surface area (Å²) in [6, 6.07) is 4.44. The van der Waals surface area contributed by atoms with E-state index in [1.807, 2.05) is 0 Å². The Morgan fingerprint density at radius 3 is 2.33 bits per heavy atom. The monoisotopic (exact) mass is 382 g/mol. The number of carbonyl (C=O) groups excluding carboxylic acids is 2. The molecule has 1 heterocycles. The third-order valence-electron chi connectivity index (χ3n) is 3.71. The molecule has 11 heteroatoms. The maximum Gasteiger partial charge on any atom is 0.425 e. The molecule has 2 aromatic rings. The van der Waals surface area contributed by atoms with Crippen molar-refractivity contribution in [2.75, 3.05) is 6.61 Å². The Bertz CT molecular complexity index is 911. The van der Waals surface area contributed by atoms with E-state index >= 15 is 0 Å². The van der Waals surface area contributed by atoms with Gasteiger partial charge in [0.2, 0.25) is 0 Å². The van der Waals surface area contributed by atoms with E-state index in [0.29, 0.717) is 17.0 Å². The SMILES string of the molecule is O=C1OC[C@H](c2cc(F)c(F)c(F)c2)N1C(=O)Oc1ccc([N+](=O)[O-])cc1. The van der Waals surface area contributed by atoms with Gasteiger partial charge in [-0.25, -0.2) is 27.7 Å². The lowest BCUT2D eigenvalue weighted by molar-refractivity contribution is -0.384. The lowest BCUT2D eigenvalue weighted by atomic mass is 10.1. The summed E-state index contributed by atoms with van der Waals surface area (Å²) in [4.78, 5) is 34.5. The highest BCUT2D eigenvalue weighted by atomic mass is 19.2. The van der Waals surface area contributed by atoms with Crippen LogP contribution in [0, 0.1) is 27.6 Å². The number of cyclic esters (lactones) is 1. The number of rotatable bonds is 3. The molecule has 1 saturated heterocycles. The number of benzene rings is 2. The van der Waals surface area contributed by atoms with E-state index in [1.54, 1.807) is 0 Å². The summed E-state index contributed by atoms with van der Waals surface area (Å²) in [5.74, 6) is -4.79. The van der Waals surface area contributed by atoms with Crippen LogP contribution in [0.25, 0.3) is 0 Å². The van der Waals surface area contributed by atoms with Gasteiger partial charge in [0, 0.05) is 12.1 Å². The van der Waals surface area contributed by atoms with Crippen LogP contribution in [0.1, 0.15) is 11.6 Å². The molecule has 1 aliphatic rings. The second-order valence-corrected chi connectivity index (χ2v) is 5.38. The van der Waals surface area contributed by atoms with Gasteiger partial charge in [0.25, 0.3) is 5.69 Å². The molecular formula is C16H9F3N2O6. The van der Waals surface area contributed by atoms with E-state index in [4.69, 9.17) is 9.47 Å². The molecule has 0 aliphatic carbocycles. The summed E-state index contributed by atoms with van der Waals surface area (Å²) >= 11 is 0. The maximum atomic E-state index is 13.4. The van der Waals surface area contributed by atoms with Gasteiger partial charge in [0.05, 0.1) is 4.92 Å². The molecule has 0 radical (unpaired) electrons. The number of halogens is 3. The fourth-order valence-electron chi connectivity index (χ4n) is 2.42. The first-order valence-corrected chi connectivity index (χ1v) is 7.34. The van der Waals surface area contributed by atoms with Crippen molar-refractivity contribution >= 4 is 17.9 Å². The zero-order valence-corrected chi connectivity index (χ0v) is 13.2. The van der Waals surface area contributed by atoms with Crippen LogP contribution in [0.4, 0.5) is 28.4 Å². The van der Waals surface area contributed by atoms with Crippen molar-refractivity contribution in [1.29, 1.82) is 0 Å². The van der Waals surface area contributed by atoms with E-state index in [1.165, 1.54) is 0 Å². The Morgan fingerprint density at radius 1 is 1.19 bits per heavy atom. The van der Waals surface area contributed by atoms with Crippen LogP contribution in [0.5, 0.6) is 5.75 Å². The first-order chi connectivity index (χ1) is 12.8. The van der Waals surface area contributed by atoms with Gasteiger partial charge in [0.1, 0.15) is 18.4 Å². The third kappa shape index (κ3) is 3.52. The molecule has 3 rings (SSSR count). The number of hydrogen-bond donors (Lipinski definition) is 0. The van der Waals surface area contributed by atoms with Gasteiger partial charge in [-0.1, -0.05) is 0 Å². The summed E-state index contributed by atoms with van der Waals surface area (Å²) < 4.78 is 49.6. The van der Waals surface area contributed by atoms with Gasteiger partial charge >= 0.3 is 12.2 Å². The fraction of sp³-hybridized carbons (Fsp3) is 0.125. The molecule has 27 heavy (non-hydrogen) atoms. The van der Waals surface area contributed by atoms with Crippen LogP contribution in [0.2, 0.25) is 0 Å². The lowest BCUT2D eigenvalue weighted by Crippen LogP contribution is -2.36. The molecule has 0 unspecified atom stereocenters. The second kappa shape index (κ2) is 6.94. The Kier molecular flexibility index (Phi) is 4.67. The van der Waals surface area contributed by atoms with Crippen molar-refractivity contribution in [2.45, 2.75) is 6.04 Å². The smallest absolute Gasteiger partial charge is 0.425 e. The van der Waals surface area contributed by atoms with Crippen molar-refractivity contribution in [3.05, 3.63) is 69.5 Å². The molecule has 2 amide bonds. The molecule has 8 nitrogen and oxygen atoms in total. The molecule has 1 atom stereocenters. The van der Waals surface area contributed by atoms with Crippen molar-refractivity contribution in [2.24, 2.45) is 0 Å². The number of ether oxygens (including phenoxy) is 2. The van der Waals surface area contributed by atoms with Gasteiger partial charge < -0.3 is 9.47 Å². The van der Waals surface area contributed by atoms with E-state index in [-0.39, 0.29) is 17.0 Å². The number of nitro benzene ring substituents is 1. The Balaban J connectivity index is 1.83. The summed E-state index contributed by atoms with van der Waals surface area (Å²) in [6.07, 6.45) is -2.36. The van der Waals surface area contributed by atoms with Crippen molar-refractivity contribution in [3.8, 4) is 5.75 Å². The lowest BCUT2D eigenvalue weighted by Gasteiger charge is -2.19. The summed E-state index contributed by atoms with van der Waals surface area (Å²) in [7, 11) is 0. The van der Waals surface area contributed by atoms with Crippen molar-refractivity contribution in [1.82, 2.24) is 4.90 Å². The molecule has 1 aliphatic heterocycles. The highest BCUT2D eigenvalue weighted by molar-refractivity contribution is 5.90. The molecule has 2 aromatic carbocycles. The predicted molar refractivity (Wildman–Crippen MR) is 81.4 cm³/mol. The Labute approximate surface area is 148 Å². The molecule has 0 N–H and O–H groups in total. The third-order valence-corrected chi connectivity index (χ3v) is 3.71. The van der Waals surface area contributed by atoms with Gasteiger partial charge in [0.15, 0.2) is 17.5 Å². The quantitative estimate of drug-likeness (QED) is 0.456. The van der Waals surface area contributed by atoms with Gasteiger partial charge in [-0.2, -0.15) is 0 Å². The van der Waals surface area contributed by atoms with E-state index in [0.717, 1.165) is 24.3 Å². The number of carbonyl (C=O) groups is 2. The minimum atomic E-state index is -1.69. The van der Waals surface area contributed by atoms with Gasteiger partial charge in [-0.15, -0.1) is 0 Å².